The molecule has 0 aliphatic heterocycles. The van der Waals surface area contributed by atoms with Gasteiger partial charge in [0.2, 0.25) is 0 Å². The van der Waals surface area contributed by atoms with E-state index in [1.54, 1.807) is 24.3 Å². The minimum atomic E-state index is -4.88. The predicted octanol–water partition coefficient (Wildman–Crippen LogP) is 3.68. The fourth-order valence-electron chi connectivity index (χ4n) is 3.93. The molecule has 38 heavy (non-hydrogen) atoms. The number of hydrogen-bond acceptors (Lipinski definition) is 7. The molecular weight excluding hydrogens is 509 g/mol. The average molecular weight is 534 g/mol. The SMILES string of the molecule is COCCCn1c(=O)c2c(nc(Oc3cccc(OC(F)(F)F)c3)n2Cc2cccc(OC)c2)n(C)c1=O. The molecule has 0 amide bonds. The fourth-order valence-corrected chi connectivity index (χ4v) is 3.93. The first-order chi connectivity index (χ1) is 18.1. The number of benzene rings is 2. The molecule has 4 aromatic rings. The summed E-state index contributed by atoms with van der Waals surface area (Å²) in [6, 6.07) is 11.9. The van der Waals surface area contributed by atoms with Crippen molar-refractivity contribution in [2.75, 3.05) is 20.8 Å². The van der Waals surface area contributed by atoms with Crippen LogP contribution in [0.2, 0.25) is 0 Å². The summed E-state index contributed by atoms with van der Waals surface area (Å²) in [5.41, 5.74) is -0.286. The number of alkyl halides is 3. The number of halogens is 3. The summed E-state index contributed by atoms with van der Waals surface area (Å²) in [5.74, 6) is 0.0773. The zero-order valence-corrected chi connectivity index (χ0v) is 20.8. The smallest absolute Gasteiger partial charge is 0.497 e. The van der Waals surface area contributed by atoms with Crippen LogP contribution < -0.4 is 25.5 Å². The molecule has 0 fully saturated rings. The van der Waals surface area contributed by atoms with E-state index >= 15 is 0 Å². The minimum absolute atomic E-state index is 0.0145. The van der Waals surface area contributed by atoms with Crippen LogP contribution in [-0.2, 0) is 24.9 Å². The van der Waals surface area contributed by atoms with Crippen LogP contribution in [0.4, 0.5) is 13.2 Å². The van der Waals surface area contributed by atoms with Gasteiger partial charge in [0.1, 0.15) is 17.2 Å². The Hall–Kier alpha value is -4.26. The minimum Gasteiger partial charge on any atom is -0.497 e. The van der Waals surface area contributed by atoms with E-state index in [1.807, 2.05) is 0 Å². The summed E-state index contributed by atoms with van der Waals surface area (Å²) < 4.78 is 62.1. The lowest BCUT2D eigenvalue weighted by molar-refractivity contribution is -0.274. The van der Waals surface area contributed by atoms with Gasteiger partial charge in [0.15, 0.2) is 11.2 Å². The second-order valence-corrected chi connectivity index (χ2v) is 8.27. The lowest BCUT2D eigenvalue weighted by Gasteiger charge is -2.13. The zero-order chi connectivity index (χ0) is 27.4. The van der Waals surface area contributed by atoms with Crippen LogP contribution in [-0.4, -0.2) is 45.9 Å². The number of imidazole rings is 1. The summed E-state index contributed by atoms with van der Waals surface area (Å²) in [6.45, 7) is 0.557. The van der Waals surface area contributed by atoms with E-state index in [4.69, 9.17) is 14.2 Å². The van der Waals surface area contributed by atoms with E-state index in [9.17, 15) is 22.8 Å². The molecule has 2 heterocycles. The Morgan fingerprint density at radius 3 is 2.37 bits per heavy atom. The van der Waals surface area contributed by atoms with E-state index in [1.165, 1.54) is 42.5 Å². The van der Waals surface area contributed by atoms with Crippen molar-refractivity contribution >= 4 is 11.2 Å². The summed E-state index contributed by atoms with van der Waals surface area (Å²) in [5, 5.41) is 0. The second kappa shape index (κ2) is 11.0. The largest absolute Gasteiger partial charge is 0.573 e. The van der Waals surface area contributed by atoms with Crippen molar-refractivity contribution in [1.29, 1.82) is 0 Å². The highest BCUT2D eigenvalue weighted by molar-refractivity contribution is 5.72. The first-order valence-electron chi connectivity index (χ1n) is 11.5. The molecule has 4 rings (SSSR count). The van der Waals surface area contributed by atoms with Gasteiger partial charge in [0, 0.05) is 33.4 Å². The van der Waals surface area contributed by atoms with Crippen LogP contribution in [0, 0.1) is 0 Å². The Morgan fingerprint density at radius 1 is 0.947 bits per heavy atom. The lowest BCUT2D eigenvalue weighted by Crippen LogP contribution is -2.40. The standard InChI is InChI=1S/C25H25F3N4O6/c1-30-21-20(22(33)31(24(30)34)11-6-12-35-2)32(15-16-7-4-8-17(13-16)36-3)23(29-21)37-18-9-5-10-19(14-18)38-25(26,27)28/h4-5,7-10,13-14H,6,11-12,15H2,1-3H3. The zero-order valence-electron chi connectivity index (χ0n) is 20.8. The summed E-state index contributed by atoms with van der Waals surface area (Å²) >= 11 is 0. The van der Waals surface area contributed by atoms with Gasteiger partial charge in [0.05, 0.1) is 13.7 Å². The number of aromatic nitrogens is 4. The molecule has 0 aliphatic rings. The van der Waals surface area contributed by atoms with Crippen molar-refractivity contribution in [3.8, 4) is 23.3 Å². The molecule has 0 bridgehead atoms. The van der Waals surface area contributed by atoms with Crippen LogP contribution >= 0.6 is 0 Å². The highest BCUT2D eigenvalue weighted by Gasteiger charge is 2.31. The van der Waals surface area contributed by atoms with Crippen LogP contribution in [0.1, 0.15) is 12.0 Å². The first-order valence-corrected chi connectivity index (χ1v) is 11.5. The van der Waals surface area contributed by atoms with Crippen molar-refractivity contribution in [1.82, 2.24) is 18.7 Å². The molecular formula is C25H25F3N4O6. The molecule has 2 aromatic carbocycles. The molecule has 0 N–H and O–H groups in total. The van der Waals surface area contributed by atoms with Crippen LogP contribution in [0.15, 0.2) is 58.1 Å². The fraction of sp³-hybridized carbons (Fsp3) is 0.320. The highest BCUT2D eigenvalue weighted by Crippen LogP contribution is 2.30. The number of nitrogens with zero attached hydrogens (tertiary/aromatic N) is 4. The molecule has 10 nitrogen and oxygen atoms in total. The molecule has 0 radical (unpaired) electrons. The third-order valence-corrected chi connectivity index (χ3v) is 5.65. The highest BCUT2D eigenvalue weighted by atomic mass is 19.4. The molecule has 0 atom stereocenters. The van der Waals surface area contributed by atoms with Gasteiger partial charge in [-0.3, -0.25) is 18.5 Å². The summed E-state index contributed by atoms with van der Waals surface area (Å²) in [6.07, 6.45) is -4.46. The summed E-state index contributed by atoms with van der Waals surface area (Å²) in [4.78, 5) is 30.9. The molecule has 13 heteroatoms. The van der Waals surface area contributed by atoms with Crippen LogP contribution in [0.3, 0.4) is 0 Å². The van der Waals surface area contributed by atoms with Gasteiger partial charge in [-0.05, 0) is 36.2 Å². The molecule has 0 aliphatic carbocycles. The van der Waals surface area contributed by atoms with E-state index in [-0.39, 0.29) is 36.0 Å². The lowest BCUT2D eigenvalue weighted by atomic mass is 10.2. The maximum Gasteiger partial charge on any atom is 0.573 e. The van der Waals surface area contributed by atoms with Crippen molar-refractivity contribution in [3.63, 3.8) is 0 Å². The molecule has 2 aromatic heterocycles. The summed E-state index contributed by atoms with van der Waals surface area (Å²) in [7, 11) is 4.51. The predicted molar refractivity (Wildman–Crippen MR) is 131 cm³/mol. The van der Waals surface area contributed by atoms with E-state index < -0.39 is 23.4 Å². The van der Waals surface area contributed by atoms with Gasteiger partial charge >= 0.3 is 18.1 Å². The van der Waals surface area contributed by atoms with E-state index in [0.29, 0.717) is 18.8 Å². The monoisotopic (exact) mass is 534 g/mol. The Kier molecular flexibility index (Phi) is 7.76. The van der Waals surface area contributed by atoms with Gasteiger partial charge in [-0.25, -0.2) is 4.79 Å². The normalized spacial score (nSPS) is 11.6. The maximum absolute atomic E-state index is 13.5. The number of fused-ring (bicyclic) bond motifs is 1. The molecule has 0 unspecified atom stereocenters. The Bertz CT molecular complexity index is 1560. The van der Waals surface area contributed by atoms with Crippen molar-refractivity contribution < 1.29 is 32.1 Å². The molecule has 202 valence electrons. The Morgan fingerprint density at radius 2 is 1.66 bits per heavy atom. The first kappa shape index (κ1) is 26.8. The number of aryl methyl sites for hydroxylation is 1. The van der Waals surface area contributed by atoms with Crippen LogP contribution in [0.5, 0.6) is 23.3 Å². The van der Waals surface area contributed by atoms with Crippen molar-refractivity contribution in [2.24, 2.45) is 7.05 Å². The molecule has 0 saturated carbocycles. The molecule has 0 saturated heterocycles. The van der Waals surface area contributed by atoms with E-state index in [0.717, 1.165) is 22.3 Å². The third-order valence-electron chi connectivity index (χ3n) is 5.65. The van der Waals surface area contributed by atoms with Gasteiger partial charge in [-0.2, -0.15) is 4.98 Å². The number of methoxy groups -OCH3 is 2. The molecule has 0 spiro atoms. The number of ether oxygens (including phenoxy) is 4. The quantitative estimate of drug-likeness (QED) is 0.286. The number of rotatable bonds is 10. The number of hydrogen-bond donors (Lipinski definition) is 0. The average Bonchev–Trinajstić information content (AvgIpc) is 3.22. The third kappa shape index (κ3) is 5.83. The van der Waals surface area contributed by atoms with E-state index in [2.05, 4.69) is 9.72 Å². The van der Waals surface area contributed by atoms with Gasteiger partial charge in [0.25, 0.3) is 5.56 Å². The Balaban J connectivity index is 1.86. The van der Waals surface area contributed by atoms with Gasteiger partial charge in [-0.1, -0.05) is 18.2 Å². The Labute approximate surface area is 214 Å². The van der Waals surface area contributed by atoms with Gasteiger partial charge in [-0.15, -0.1) is 13.2 Å². The second-order valence-electron chi connectivity index (χ2n) is 8.27. The maximum atomic E-state index is 13.5. The van der Waals surface area contributed by atoms with Gasteiger partial charge < -0.3 is 18.9 Å². The van der Waals surface area contributed by atoms with Crippen molar-refractivity contribution in [2.45, 2.75) is 25.9 Å². The topological polar surface area (TPSA) is 98.7 Å². The van der Waals surface area contributed by atoms with Crippen molar-refractivity contribution in [3.05, 3.63) is 74.9 Å². The van der Waals surface area contributed by atoms with Crippen LogP contribution in [0.25, 0.3) is 11.2 Å².